The Kier molecular flexibility index (Phi) is 2.31. The van der Waals surface area contributed by atoms with Gasteiger partial charge in [0.2, 0.25) is 0 Å². The number of nitrogens with zero attached hydrogens (tertiary/aromatic N) is 3. The fourth-order valence-corrected chi connectivity index (χ4v) is 1.43. The standard InChI is InChI=1S/C9H15N3O2/c1-3-14-8-10-11(2)9(13)12(8)6-7-4-5-7/h7H,3-6H2,1-2H3. The molecular formula is C9H15N3O2. The quantitative estimate of drug-likeness (QED) is 0.701. The number of rotatable bonds is 4. The van der Waals surface area contributed by atoms with Crippen molar-refractivity contribution >= 4 is 0 Å². The maximum absolute atomic E-state index is 11.6. The van der Waals surface area contributed by atoms with E-state index in [9.17, 15) is 4.79 Å². The van der Waals surface area contributed by atoms with Crippen molar-refractivity contribution in [2.75, 3.05) is 6.61 Å². The Balaban J connectivity index is 2.27. The summed E-state index contributed by atoms with van der Waals surface area (Å²) in [6.07, 6.45) is 2.43. The number of hydrogen-bond donors (Lipinski definition) is 0. The van der Waals surface area contributed by atoms with Crippen molar-refractivity contribution in [2.24, 2.45) is 13.0 Å². The lowest BCUT2D eigenvalue weighted by molar-refractivity contribution is 0.290. The average Bonchev–Trinajstić information content (AvgIpc) is 2.91. The zero-order chi connectivity index (χ0) is 10.1. The van der Waals surface area contributed by atoms with Gasteiger partial charge in [-0.25, -0.2) is 14.0 Å². The molecule has 5 heteroatoms. The molecule has 0 amide bonds. The Labute approximate surface area is 82.3 Å². The second kappa shape index (κ2) is 3.48. The molecule has 0 bridgehead atoms. The summed E-state index contributed by atoms with van der Waals surface area (Å²) >= 11 is 0. The fraction of sp³-hybridized carbons (Fsp3) is 0.778. The van der Waals surface area contributed by atoms with Crippen molar-refractivity contribution in [2.45, 2.75) is 26.3 Å². The summed E-state index contributed by atoms with van der Waals surface area (Å²) in [5.41, 5.74) is -0.0830. The summed E-state index contributed by atoms with van der Waals surface area (Å²) in [4.78, 5) is 11.6. The largest absolute Gasteiger partial charge is 0.464 e. The Bertz CT molecular complexity index is 376. The highest BCUT2D eigenvalue weighted by atomic mass is 16.5. The van der Waals surface area contributed by atoms with Crippen LogP contribution in [0.2, 0.25) is 0 Å². The lowest BCUT2D eigenvalue weighted by Crippen LogP contribution is -2.23. The van der Waals surface area contributed by atoms with Crippen LogP contribution in [0, 0.1) is 5.92 Å². The van der Waals surface area contributed by atoms with E-state index in [0.29, 0.717) is 18.5 Å². The van der Waals surface area contributed by atoms with Gasteiger partial charge in [-0.05, 0) is 25.7 Å². The van der Waals surface area contributed by atoms with Crippen LogP contribution in [0.1, 0.15) is 19.8 Å². The summed E-state index contributed by atoms with van der Waals surface area (Å²) < 4.78 is 8.25. The Morgan fingerprint density at radius 2 is 2.29 bits per heavy atom. The second-order valence-corrected chi connectivity index (χ2v) is 3.68. The van der Waals surface area contributed by atoms with Gasteiger partial charge in [0.05, 0.1) is 6.61 Å². The van der Waals surface area contributed by atoms with Crippen LogP contribution < -0.4 is 10.4 Å². The molecule has 14 heavy (non-hydrogen) atoms. The van der Waals surface area contributed by atoms with Gasteiger partial charge in [0.15, 0.2) is 0 Å². The SMILES string of the molecule is CCOc1nn(C)c(=O)n1CC1CC1. The van der Waals surface area contributed by atoms with Crippen LogP contribution >= 0.6 is 0 Å². The van der Waals surface area contributed by atoms with Gasteiger partial charge in [-0.2, -0.15) is 0 Å². The molecule has 1 aliphatic carbocycles. The summed E-state index contributed by atoms with van der Waals surface area (Å²) in [5, 5.41) is 4.03. The zero-order valence-electron chi connectivity index (χ0n) is 8.56. The first-order valence-electron chi connectivity index (χ1n) is 4.99. The molecule has 1 aromatic heterocycles. The van der Waals surface area contributed by atoms with Gasteiger partial charge in [-0.15, -0.1) is 5.10 Å². The van der Waals surface area contributed by atoms with Crippen molar-refractivity contribution in [3.8, 4) is 6.01 Å². The van der Waals surface area contributed by atoms with E-state index < -0.39 is 0 Å². The number of ether oxygens (including phenoxy) is 1. The first-order chi connectivity index (χ1) is 6.72. The molecule has 0 unspecified atom stereocenters. The molecule has 0 N–H and O–H groups in total. The summed E-state index contributed by atoms with van der Waals surface area (Å²) in [7, 11) is 1.65. The molecule has 0 aromatic carbocycles. The van der Waals surface area contributed by atoms with Crippen molar-refractivity contribution in [3.63, 3.8) is 0 Å². The van der Waals surface area contributed by atoms with Crippen LogP contribution in [0.4, 0.5) is 0 Å². The molecule has 2 rings (SSSR count). The lowest BCUT2D eigenvalue weighted by Gasteiger charge is -2.03. The highest BCUT2D eigenvalue weighted by Gasteiger charge is 2.25. The Hall–Kier alpha value is -1.26. The van der Waals surface area contributed by atoms with Gasteiger partial charge >= 0.3 is 11.7 Å². The maximum atomic E-state index is 11.6. The van der Waals surface area contributed by atoms with Crippen molar-refractivity contribution in [1.82, 2.24) is 14.3 Å². The first-order valence-corrected chi connectivity index (χ1v) is 4.99. The monoisotopic (exact) mass is 197 g/mol. The summed E-state index contributed by atoms with van der Waals surface area (Å²) in [5.74, 6) is 0.649. The van der Waals surface area contributed by atoms with Gasteiger partial charge in [0.25, 0.3) is 0 Å². The Morgan fingerprint density at radius 3 is 2.86 bits per heavy atom. The minimum atomic E-state index is -0.0830. The van der Waals surface area contributed by atoms with Crippen molar-refractivity contribution < 1.29 is 4.74 Å². The molecule has 0 atom stereocenters. The molecule has 1 fully saturated rings. The minimum Gasteiger partial charge on any atom is -0.464 e. The van der Waals surface area contributed by atoms with Gasteiger partial charge < -0.3 is 4.74 Å². The molecular weight excluding hydrogens is 182 g/mol. The second-order valence-electron chi connectivity index (χ2n) is 3.68. The molecule has 1 aliphatic rings. The van der Waals surface area contributed by atoms with Crippen molar-refractivity contribution in [3.05, 3.63) is 10.5 Å². The van der Waals surface area contributed by atoms with E-state index in [1.807, 2.05) is 6.92 Å². The predicted octanol–water partition coefficient (Wildman–Crippen LogP) is 0.390. The minimum absolute atomic E-state index is 0.0830. The number of aryl methyl sites for hydroxylation is 1. The molecule has 1 heterocycles. The number of hydrogen-bond acceptors (Lipinski definition) is 3. The third kappa shape index (κ3) is 1.66. The third-order valence-electron chi connectivity index (χ3n) is 2.39. The average molecular weight is 197 g/mol. The molecule has 5 nitrogen and oxygen atoms in total. The zero-order valence-corrected chi connectivity index (χ0v) is 8.56. The van der Waals surface area contributed by atoms with Crippen LogP contribution in [0.3, 0.4) is 0 Å². The van der Waals surface area contributed by atoms with E-state index in [0.717, 1.165) is 6.54 Å². The predicted molar refractivity (Wildman–Crippen MR) is 51.4 cm³/mol. The maximum Gasteiger partial charge on any atom is 0.348 e. The Morgan fingerprint density at radius 1 is 1.57 bits per heavy atom. The molecule has 0 spiro atoms. The van der Waals surface area contributed by atoms with E-state index in [-0.39, 0.29) is 5.69 Å². The van der Waals surface area contributed by atoms with Gasteiger partial charge in [0.1, 0.15) is 0 Å². The van der Waals surface area contributed by atoms with Crippen LogP contribution in [0.15, 0.2) is 4.79 Å². The molecule has 1 saturated carbocycles. The van der Waals surface area contributed by atoms with Crippen molar-refractivity contribution in [1.29, 1.82) is 0 Å². The highest BCUT2D eigenvalue weighted by Crippen LogP contribution is 2.30. The van der Waals surface area contributed by atoms with E-state index >= 15 is 0 Å². The van der Waals surface area contributed by atoms with Crippen LogP contribution in [0.25, 0.3) is 0 Å². The van der Waals surface area contributed by atoms with E-state index in [2.05, 4.69) is 5.10 Å². The molecule has 0 radical (unpaired) electrons. The molecule has 0 saturated heterocycles. The molecule has 0 aliphatic heterocycles. The first kappa shape index (κ1) is 9.30. The van der Waals surface area contributed by atoms with Gasteiger partial charge in [-0.3, -0.25) is 0 Å². The van der Waals surface area contributed by atoms with E-state index in [1.54, 1.807) is 11.6 Å². The van der Waals surface area contributed by atoms with E-state index in [1.165, 1.54) is 17.5 Å². The highest BCUT2D eigenvalue weighted by molar-refractivity contribution is 4.95. The van der Waals surface area contributed by atoms with Gasteiger partial charge in [0, 0.05) is 13.6 Å². The fourth-order valence-electron chi connectivity index (χ4n) is 1.43. The summed E-state index contributed by atoms with van der Waals surface area (Å²) in [6.45, 7) is 3.18. The molecule has 78 valence electrons. The van der Waals surface area contributed by atoms with Crippen LogP contribution in [-0.2, 0) is 13.6 Å². The van der Waals surface area contributed by atoms with E-state index in [4.69, 9.17) is 4.74 Å². The van der Waals surface area contributed by atoms with Gasteiger partial charge in [-0.1, -0.05) is 0 Å². The summed E-state index contributed by atoms with van der Waals surface area (Å²) in [6, 6.07) is 0.451. The van der Waals surface area contributed by atoms with Crippen LogP contribution in [-0.4, -0.2) is 21.0 Å². The molecule has 1 aromatic rings. The third-order valence-corrected chi connectivity index (χ3v) is 2.39. The van der Waals surface area contributed by atoms with Crippen LogP contribution in [0.5, 0.6) is 6.01 Å². The lowest BCUT2D eigenvalue weighted by atomic mass is 10.4. The number of aromatic nitrogens is 3. The smallest absolute Gasteiger partial charge is 0.348 e. The topological polar surface area (TPSA) is 49.1 Å². The normalized spacial score (nSPS) is 15.9.